The molecule has 2 N–H and O–H groups in total. The number of methoxy groups -OCH3 is 1. The molecule has 1 heterocycles. The third-order valence-corrected chi connectivity index (χ3v) is 3.48. The summed E-state index contributed by atoms with van der Waals surface area (Å²) < 4.78 is 13.1. The van der Waals surface area contributed by atoms with Crippen LogP contribution in [-0.2, 0) is 20.1 Å². The summed E-state index contributed by atoms with van der Waals surface area (Å²) in [5.74, 6) is 2.81. The predicted octanol–water partition coefficient (Wildman–Crippen LogP) is 1.87. The zero-order valence-electron chi connectivity index (χ0n) is 12.4. The van der Waals surface area contributed by atoms with E-state index in [2.05, 4.69) is 10.2 Å². The second-order valence-electron chi connectivity index (χ2n) is 4.65. The second-order valence-corrected chi connectivity index (χ2v) is 5.08. The monoisotopic (exact) mass is 310 g/mol. The van der Waals surface area contributed by atoms with Crippen LogP contribution in [0.25, 0.3) is 0 Å². The van der Waals surface area contributed by atoms with Crippen molar-refractivity contribution in [3.05, 3.63) is 34.4 Å². The van der Waals surface area contributed by atoms with Gasteiger partial charge in [0.1, 0.15) is 12.4 Å². The van der Waals surface area contributed by atoms with Crippen molar-refractivity contribution in [2.45, 2.75) is 20.0 Å². The number of hydrogen-bond donors (Lipinski definition) is 1. The standard InChI is InChI=1S/C14H19ClN4O2/c1-9-17-18-13(19(9)2)8-21-14-10(4-5-16)6-11(15)7-12(14)20-3/h6-7H,4-5,8,16H2,1-3H3. The average molecular weight is 311 g/mol. The van der Waals surface area contributed by atoms with Gasteiger partial charge in [0.05, 0.1) is 7.11 Å². The van der Waals surface area contributed by atoms with Crippen molar-refractivity contribution in [3.63, 3.8) is 0 Å². The topological polar surface area (TPSA) is 75.2 Å². The number of nitrogens with two attached hydrogens (primary N) is 1. The molecule has 0 aliphatic heterocycles. The van der Waals surface area contributed by atoms with Gasteiger partial charge in [-0.3, -0.25) is 0 Å². The van der Waals surface area contributed by atoms with Gasteiger partial charge in [0, 0.05) is 23.7 Å². The number of benzene rings is 1. The molecular weight excluding hydrogens is 292 g/mol. The average Bonchev–Trinajstić information content (AvgIpc) is 2.77. The summed E-state index contributed by atoms with van der Waals surface area (Å²) in [7, 11) is 3.48. The molecule has 0 saturated heterocycles. The molecule has 0 fully saturated rings. The molecule has 2 aromatic rings. The van der Waals surface area contributed by atoms with Gasteiger partial charge in [0.15, 0.2) is 17.3 Å². The molecule has 0 atom stereocenters. The maximum absolute atomic E-state index is 6.08. The molecule has 114 valence electrons. The Morgan fingerprint density at radius 3 is 2.67 bits per heavy atom. The molecule has 0 saturated carbocycles. The maximum Gasteiger partial charge on any atom is 0.170 e. The fourth-order valence-corrected chi connectivity index (χ4v) is 2.22. The minimum absolute atomic E-state index is 0.299. The summed E-state index contributed by atoms with van der Waals surface area (Å²) in [6.07, 6.45) is 0.657. The van der Waals surface area contributed by atoms with Crippen LogP contribution in [0.4, 0.5) is 0 Å². The van der Waals surface area contributed by atoms with Gasteiger partial charge in [0.2, 0.25) is 0 Å². The number of aromatic nitrogens is 3. The largest absolute Gasteiger partial charge is 0.493 e. The third kappa shape index (κ3) is 3.46. The van der Waals surface area contributed by atoms with Gasteiger partial charge in [0.25, 0.3) is 0 Å². The fraction of sp³-hybridized carbons (Fsp3) is 0.429. The molecule has 0 unspecified atom stereocenters. The van der Waals surface area contributed by atoms with Gasteiger partial charge < -0.3 is 19.8 Å². The summed E-state index contributed by atoms with van der Waals surface area (Å²) in [5, 5.41) is 8.67. The Hall–Kier alpha value is -1.79. The number of nitrogens with zero attached hydrogens (tertiary/aromatic N) is 3. The van der Waals surface area contributed by atoms with Crippen molar-refractivity contribution >= 4 is 11.6 Å². The van der Waals surface area contributed by atoms with E-state index in [1.165, 1.54) is 0 Å². The molecule has 1 aromatic carbocycles. The van der Waals surface area contributed by atoms with Crippen LogP contribution in [0.2, 0.25) is 5.02 Å². The quantitative estimate of drug-likeness (QED) is 0.881. The lowest BCUT2D eigenvalue weighted by molar-refractivity contribution is 0.269. The lowest BCUT2D eigenvalue weighted by Gasteiger charge is -2.15. The second kappa shape index (κ2) is 6.78. The number of hydrogen-bond acceptors (Lipinski definition) is 5. The van der Waals surface area contributed by atoms with Crippen LogP contribution in [0.15, 0.2) is 12.1 Å². The zero-order valence-corrected chi connectivity index (χ0v) is 13.1. The third-order valence-electron chi connectivity index (χ3n) is 3.26. The Balaban J connectivity index is 2.27. The van der Waals surface area contributed by atoms with E-state index >= 15 is 0 Å². The Morgan fingerprint density at radius 2 is 2.10 bits per heavy atom. The molecule has 0 bridgehead atoms. The first-order chi connectivity index (χ1) is 10.1. The van der Waals surface area contributed by atoms with E-state index in [9.17, 15) is 0 Å². The minimum Gasteiger partial charge on any atom is -0.493 e. The van der Waals surface area contributed by atoms with Crippen molar-refractivity contribution < 1.29 is 9.47 Å². The SMILES string of the molecule is COc1cc(Cl)cc(CCN)c1OCc1nnc(C)n1C. The summed E-state index contributed by atoms with van der Waals surface area (Å²) in [4.78, 5) is 0. The number of aryl methyl sites for hydroxylation is 1. The van der Waals surface area contributed by atoms with Gasteiger partial charge in [-0.25, -0.2) is 0 Å². The van der Waals surface area contributed by atoms with Crippen molar-refractivity contribution in [2.75, 3.05) is 13.7 Å². The molecule has 0 aliphatic rings. The van der Waals surface area contributed by atoms with Gasteiger partial charge in [-0.1, -0.05) is 11.6 Å². The van der Waals surface area contributed by atoms with Gasteiger partial charge in [-0.2, -0.15) is 0 Å². The first-order valence-electron chi connectivity index (χ1n) is 6.61. The summed E-state index contributed by atoms with van der Waals surface area (Å²) in [6.45, 7) is 2.69. The Labute approximate surface area is 128 Å². The van der Waals surface area contributed by atoms with Crippen LogP contribution in [-0.4, -0.2) is 28.4 Å². The lowest BCUT2D eigenvalue weighted by Crippen LogP contribution is -2.09. The van der Waals surface area contributed by atoms with E-state index in [1.807, 2.05) is 24.6 Å². The van der Waals surface area contributed by atoms with Gasteiger partial charge >= 0.3 is 0 Å². The van der Waals surface area contributed by atoms with E-state index in [0.29, 0.717) is 36.1 Å². The van der Waals surface area contributed by atoms with Crippen LogP contribution in [0.5, 0.6) is 11.5 Å². The first-order valence-corrected chi connectivity index (χ1v) is 6.98. The molecule has 0 spiro atoms. The molecule has 0 radical (unpaired) electrons. The minimum atomic E-state index is 0.299. The highest BCUT2D eigenvalue weighted by Crippen LogP contribution is 2.35. The van der Waals surface area contributed by atoms with Crippen LogP contribution in [0.3, 0.4) is 0 Å². The maximum atomic E-state index is 6.08. The van der Waals surface area contributed by atoms with Crippen LogP contribution in [0.1, 0.15) is 17.2 Å². The van der Waals surface area contributed by atoms with Crippen molar-refractivity contribution in [3.8, 4) is 11.5 Å². The molecule has 0 aliphatic carbocycles. The van der Waals surface area contributed by atoms with E-state index < -0.39 is 0 Å². The molecule has 2 rings (SSSR count). The van der Waals surface area contributed by atoms with Gasteiger partial charge in [-0.05, 0) is 26.0 Å². The van der Waals surface area contributed by atoms with E-state index in [0.717, 1.165) is 17.2 Å². The molecule has 7 heteroatoms. The summed E-state index contributed by atoms with van der Waals surface area (Å²) >= 11 is 6.08. The lowest BCUT2D eigenvalue weighted by atomic mass is 10.1. The number of rotatable bonds is 6. The highest BCUT2D eigenvalue weighted by Gasteiger charge is 2.14. The first kappa shape index (κ1) is 15.6. The number of halogens is 1. The Bertz CT molecular complexity index is 628. The Morgan fingerprint density at radius 1 is 1.33 bits per heavy atom. The smallest absolute Gasteiger partial charge is 0.170 e. The summed E-state index contributed by atoms with van der Waals surface area (Å²) in [6, 6.07) is 3.56. The van der Waals surface area contributed by atoms with Crippen molar-refractivity contribution in [1.29, 1.82) is 0 Å². The summed E-state index contributed by atoms with van der Waals surface area (Å²) in [5.41, 5.74) is 6.56. The normalized spacial score (nSPS) is 10.7. The van der Waals surface area contributed by atoms with E-state index in [4.69, 9.17) is 26.8 Å². The number of ether oxygens (including phenoxy) is 2. The molecule has 21 heavy (non-hydrogen) atoms. The Kier molecular flexibility index (Phi) is 5.03. The van der Waals surface area contributed by atoms with Crippen LogP contribution >= 0.6 is 11.6 Å². The molecule has 6 nitrogen and oxygen atoms in total. The highest BCUT2D eigenvalue weighted by atomic mass is 35.5. The van der Waals surface area contributed by atoms with Crippen LogP contribution < -0.4 is 15.2 Å². The van der Waals surface area contributed by atoms with Crippen LogP contribution in [0, 0.1) is 6.92 Å². The van der Waals surface area contributed by atoms with Crippen molar-refractivity contribution in [1.82, 2.24) is 14.8 Å². The van der Waals surface area contributed by atoms with E-state index in [-0.39, 0.29) is 0 Å². The molecule has 0 amide bonds. The molecular formula is C14H19ClN4O2. The van der Waals surface area contributed by atoms with Crippen molar-refractivity contribution in [2.24, 2.45) is 12.8 Å². The highest BCUT2D eigenvalue weighted by molar-refractivity contribution is 6.30. The predicted molar refractivity (Wildman–Crippen MR) is 80.8 cm³/mol. The fourth-order valence-electron chi connectivity index (χ4n) is 1.99. The molecule has 1 aromatic heterocycles. The van der Waals surface area contributed by atoms with E-state index in [1.54, 1.807) is 13.2 Å². The van der Waals surface area contributed by atoms with Gasteiger partial charge in [-0.15, -0.1) is 10.2 Å². The zero-order chi connectivity index (χ0) is 15.4.